The molecule has 6 heteroatoms. The van der Waals surface area contributed by atoms with Gasteiger partial charge in [0.25, 0.3) is 0 Å². The van der Waals surface area contributed by atoms with Gasteiger partial charge < -0.3 is 14.9 Å². The second-order valence-corrected chi connectivity index (χ2v) is 5.23. The molecular weight excluding hydrogens is 244 g/mol. The van der Waals surface area contributed by atoms with Crippen molar-refractivity contribution in [2.45, 2.75) is 25.8 Å². The molecule has 19 heavy (non-hydrogen) atoms. The number of carbonyl (C=O) groups is 1. The van der Waals surface area contributed by atoms with E-state index in [1.165, 1.54) is 6.20 Å². The molecule has 0 saturated carbocycles. The predicted molar refractivity (Wildman–Crippen MR) is 72.7 cm³/mol. The summed E-state index contributed by atoms with van der Waals surface area (Å²) in [6, 6.07) is 0.407. The highest BCUT2D eigenvalue weighted by molar-refractivity contribution is 5.88. The molecule has 0 radical (unpaired) electrons. The molecule has 1 unspecified atom stereocenters. The third-order valence-electron chi connectivity index (χ3n) is 3.41. The van der Waals surface area contributed by atoms with E-state index in [1.807, 2.05) is 0 Å². The van der Waals surface area contributed by atoms with Gasteiger partial charge in [-0.3, -0.25) is 0 Å². The Hall–Kier alpha value is -1.69. The van der Waals surface area contributed by atoms with Crippen LogP contribution in [0.5, 0.6) is 0 Å². The summed E-state index contributed by atoms with van der Waals surface area (Å²) in [4.78, 5) is 23.9. The summed E-state index contributed by atoms with van der Waals surface area (Å²) in [5.41, 5.74) is 0.695. The number of anilines is 1. The van der Waals surface area contributed by atoms with Crippen molar-refractivity contribution in [1.82, 2.24) is 14.9 Å². The van der Waals surface area contributed by atoms with Gasteiger partial charge in [0.15, 0.2) is 0 Å². The van der Waals surface area contributed by atoms with Crippen LogP contribution in [0.15, 0.2) is 6.20 Å². The normalized spacial score (nSPS) is 19.2. The van der Waals surface area contributed by atoms with Gasteiger partial charge in [0, 0.05) is 25.3 Å². The first-order chi connectivity index (χ1) is 8.99. The number of carboxylic acid groups (broad SMARTS) is 1. The molecule has 6 nitrogen and oxygen atoms in total. The number of aryl methyl sites for hydroxylation is 1. The average molecular weight is 264 g/mol. The van der Waals surface area contributed by atoms with Gasteiger partial charge in [0.05, 0.1) is 11.3 Å². The molecule has 0 bridgehead atoms. The minimum atomic E-state index is -0.977. The van der Waals surface area contributed by atoms with Crippen molar-refractivity contribution in [1.29, 1.82) is 0 Å². The van der Waals surface area contributed by atoms with Crippen molar-refractivity contribution in [2.24, 2.45) is 0 Å². The zero-order chi connectivity index (χ0) is 14.0. The average Bonchev–Trinajstić information content (AvgIpc) is 2.75. The molecule has 1 fully saturated rings. The van der Waals surface area contributed by atoms with Gasteiger partial charge in [-0.2, -0.15) is 0 Å². The monoisotopic (exact) mass is 264 g/mol. The molecule has 1 aromatic rings. The van der Waals surface area contributed by atoms with Crippen LogP contribution in [-0.4, -0.2) is 59.2 Å². The fourth-order valence-electron chi connectivity index (χ4n) is 2.51. The maximum atomic E-state index is 11.0. The van der Waals surface area contributed by atoms with Crippen molar-refractivity contribution in [3.63, 3.8) is 0 Å². The van der Waals surface area contributed by atoms with E-state index in [1.54, 1.807) is 6.92 Å². The van der Waals surface area contributed by atoms with Crippen molar-refractivity contribution < 1.29 is 9.90 Å². The van der Waals surface area contributed by atoms with Crippen LogP contribution in [0.2, 0.25) is 0 Å². The summed E-state index contributed by atoms with van der Waals surface area (Å²) in [6.45, 7) is 3.61. The second kappa shape index (κ2) is 5.52. The molecule has 1 aliphatic heterocycles. The van der Waals surface area contributed by atoms with E-state index in [0.717, 1.165) is 25.9 Å². The summed E-state index contributed by atoms with van der Waals surface area (Å²) in [7, 11) is 4.10. The van der Waals surface area contributed by atoms with E-state index in [0.29, 0.717) is 17.7 Å². The van der Waals surface area contributed by atoms with Gasteiger partial charge in [-0.05, 0) is 33.9 Å². The van der Waals surface area contributed by atoms with Crippen LogP contribution in [0.4, 0.5) is 5.95 Å². The van der Waals surface area contributed by atoms with Gasteiger partial charge in [-0.25, -0.2) is 14.8 Å². The molecule has 1 aliphatic rings. The molecule has 2 heterocycles. The van der Waals surface area contributed by atoms with E-state index < -0.39 is 5.97 Å². The molecule has 0 aromatic carbocycles. The van der Waals surface area contributed by atoms with E-state index >= 15 is 0 Å². The summed E-state index contributed by atoms with van der Waals surface area (Å²) in [6.07, 6.45) is 3.66. The molecule has 1 aromatic heterocycles. The predicted octanol–water partition coefficient (Wildman–Crippen LogP) is 1.01. The molecule has 0 spiro atoms. The maximum Gasteiger partial charge on any atom is 0.339 e. The Bertz CT molecular complexity index is 476. The standard InChI is InChI=1S/C13H20N4O2/c1-9-11(12(18)19)7-14-13(15-9)17-6-4-5-10(17)8-16(2)3/h7,10H,4-6,8H2,1-3H3,(H,18,19). The second-order valence-electron chi connectivity index (χ2n) is 5.23. The SMILES string of the molecule is Cc1nc(N2CCCC2CN(C)C)ncc1C(=O)O. The van der Waals surface area contributed by atoms with E-state index in [4.69, 9.17) is 5.11 Å². The lowest BCUT2D eigenvalue weighted by atomic mass is 10.2. The number of hydrogen-bond donors (Lipinski definition) is 1. The Morgan fingerprint density at radius 2 is 2.32 bits per heavy atom. The molecule has 2 rings (SSSR count). The van der Waals surface area contributed by atoms with Crippen LogP contribution < -0.4 is 4.90 Å². The number of hydrogen-bond acceptors (Lipinski definition) is 5. The molecule has 0 amide bonds. The van der Waals surface area contributed by atoms with Crippen LogP contribution in [0.25, 0.3) is 0 Å². The Kier molecular flexibility index (Phi) is 3.99. The van der Waals surface area contributed by atoms with Crippen molar-refractivity contribution in [3.05, 3.63) is 17.5 Å². The summed E-state index contributed by atoms with van der Waals surface area (Å²) in [5, 5.41) is 8.99. The van der Waals surface area contributed by atoms with Crippen molar-refractivity contribution >= 4 is 11.9 Å². The molecule has 1 saturated heterocycles. The Labute approximate surface area is 113 Å². The summed E-state index contributed by atoms with van der Waals surface area (Å²) in [5.74, 6) is -0.331. The highest BCUT2D eigenvalue weighted by atomic mass is 16.4. The van der Waals surface area contributed by atoms with E-state index in [9.17, 15) is 4.79 Å². The van der Waals surface area contributed by atoms with Crippen LogP contribution >= 0.6 is 0 Å². The van der Waals surface area contributed by atoms with Crippen LogP contribution in [0.1, 0.15) is 28.9 Å². The van der Waals surface area contributed by atoms with E-state index in [2.05, 4.69) is 33.9 Å². The fourth-order valence-corrected chi connectivity index (χ4v) is 2.51. The van der Waals surface area contributed by atoms with Crippen molar-refractivity contribution in [2.75, 3.05) is 32.1 Å². The molecule has 1 N–H and O–H groups in total. The first-order valence-corrected chi connectivity index (χ1v) is 6.47. The minimum Gasteiger partial charge on any atom is -0.478 e. The van der Waals surface area contributed by atoms with Crippen LogP contribution in [0, 0.1) is 6.92 Å². The lowest BCUT2D eigenvalue weighted by Gasteiger charge is -2.27. The molecule has 0 aliphatic carbocycles. The van der Waals surface area contributed by atoms with Crippen LogP contribution in [0.3, 0.4) is 0 Å². The van der Waals surface area contributed by atoms with Gasteiger partial charge in [-0.15, -0.1) is 0 Å². The zero-order valence-corrected chi connectivity index (χ0v) is 11.6. The van der Waals surface area contributed by atoms with Gasteiger partial charge in [-0.1, -0.05) is 0 Å². The molecular formula is C13H20N4O2. The number of aromatic nitrogens is 2. The molecule has 104 valence electrons. The lowest BCUT2D eigenvalue weighted by Crippen LogP contribution is -2.38. The third-order valence-corrected chi connectivity index (χ3v) is 3.41. The first-order valence-electron chi connectivity index (χ1n) is 6.47. The number of nitrogens with zero attached hydrogens (tertiary/aromatic N) is 4. The molecule has 1 atom stereocenters. The Balaban J connectivity index is 2.21. The van der Waals surface area contributed by atoms with Gasteiger partial charge >= 0.3 is 5.97 Å². The highest BCUT2D eigenvalue weighted by Gasteiger charge is 2.27. The summed E-state index contributed by atoms with van der Waals surface area (Å²) >= 11 is 0. The third kappa shape index (κ3) is 3.01. The number of carboxylic acids is 1. The lowest BCUT2D eigenvalue weighted by molar-refractivity contribution is 0.0695. The van der Waals surface area contributed by atoms with Crippen LogP contribution in [-0.2, 0) is 0 Å². The largest absolute Gasteiger partial charge is 0.478 e. The number of likely N-dealkylation sites (N-methyl/N-ethyl adjacent to an activating group) is 1. The number of aromatic carboxylic acids is 1. The van der Waals surface area contributed by atoms with Gasteiger partial charge in [0.1, 0.15) is 0 Å². The minimum absolute atomic E-state index is 0.173. The van der Waals surface area contributed by atoms with Crippen molar-refractivity contribution in [3.8, 4) is 0 Å². The smallest absolute Gasteiger partial charge is 0.339 e. The summed E-state index contributed by atoms with van der Waals surface area (Å²) < 4.78 is 0. The quantitative estimate of drug-likeness (QED) is 0.875. The zero-order valence-electron chi connectivity index (χ0n) is 11.6. The Morgan fingerprint density at radius 1 is 1.58 bits per heavy atom. The van der Waals surface area contributed by atoms with E-state index in [-0.39, 0.29) is 5.56 Å². The Morgan fingerprint density at radius 3 is 2.89 bits per heavy atom. The first kappa shape index (κ1) is 13.7. The number of rotatable bonds is 4. The van der Waals surface area contributed by atoms with Gasteiger partial charge in [0.2, 0.25) is 5.95 Å². The fraction of sp³-hybridized carbons (Fsp3) is 0.615. The maximum absolute atomic E-state index is 11.0. The highest BCUT2D eigenvalue weighted by Crippen LogP contribution is 2.23. The topological polar surface area (TPSA) is 69.6 Å².